The van der Waals surface area contributed by atoms with Crippen LogP contribution in [0, 0.1) is 6.92 Å². The molecule has 4 heteroatoms. The Labute approximate surface area is 84.5 Å². The van der Waals surface area contributed by atoms with Crippen LogP contribution in [0.2, 0.25) is 0 Å². The van der Waals surface area contributed by atoms with Crippen LogP contribution >= 0.6 is 0 Å². The SMILES string of the molecule is Cc1ccccc1S(=O)/C=C/C(=O)O. The van der Waals surface area contributed by atoms with Crippen molar-refractivity contribution in [1.82, 2.24) is 0 Å². The molecule has 0 saturated heterocycles. The number of carboxylic acids is 1. The third-order valence-electron chi connectivity index (χ3n) is 1.64. The molecule has 3 nitrogen and oxygen atoms in total. The molecule has 0 radical (unpaired) electrons. The molecule has 0 aliphatic carbocycles. The van der Waals surface area contributed by atoms with Gasteiger partial charge >= 0.3 is 5.97 Å². The maximum Gasteiger partial charge on any atom is 0.328 e. The highest BCUT2D eigenvalue weighted by atomic mass is 32.2. The quantitative estimate of drug-likeness (QED) is 0.772. The van der Waals surface area contributed by atoms with E-state index in [1.54, 1.807) is 12.1 Å². The highest BCUT2D eigenvalue weighted by Crippen LogP contribution is 2.12. The highest BCUT2D eigenvalue weighted by Gasteiger charge is 2.02. The number of hydrogen-bond donors (Lipinski definition) is 1. The largest absolute Gasteiger partial charge is 0.478 e. The summed E-state index contributed by atoms with van der Waals surface area (Å²) in [5, 5.41) is 9.53. The lowest BCUT2D eigenvalue weighted by Gasteiger charge is -1.99. The van der Waals surface area contributed by atoms with Crippen LogP contribution in [0.3, 0.4) is 0 Å². The van der Waals surface area contributed by atoms with Crippen molar-refractivity contribution >= 4 is 16.8 Å². The van der Waals surface area contributed by atoms with E-state index in [4.69, 9.17) is 5.11 Å². The van der Waals surface area contributed by atoms with Gasteiger partial charge in [-0.3, -0.25) is 0 Å². The molecule has 74 valence electrons. The lowest BCUT2D eigenvalue weighted by Crippen LogP contribution is -1.92. The molecule has 0 aliphatic heterocycles. The molecule has 0 saturated carbocycles. The van der Waals surface area contributed by atoms with E-state index in [-0.39, 0.29) is 0 Å². The van der Waals surface area contributed by atoms with Gasteiger partial charge in [-0.15, -0.1) is 0 Å². The van der Waals surface area contributed by atoms with Crippen LogP contribution in [0.5, 0.6) is 0 Å². The molecule has 1 unspecified atom stereocenters. The minimum absolute atomic E-state index is 0.644. The first-order valence-corrected chi connectivity index (χ1v) is 5.20. The summed E-state index contributed by atoms with van der Waals surface area (Å²) in [6.07, 6.45) is 0.891. The van der Waals surface area contributed by atoms with Gasteiger partial charge < -0.3 is 5.11 Å². The van der Waals surface area contributed by atoms with Crippen molar-refractivity contribution in [3.8, 4) is 0 Å². The second kappa shape index (κ2) is 4.72. The standard InChI is InChI=1S/C10H10O3S/c1-8-4-2-3-5-9(8)14(13)7-6-10(11)12/h2-7H,1H3,(H,11,12)/b7-6+. The van der Waals surface area contributed by atoms with Gasteiger partial charge in [0, 0.05) is 16.4 Å². The van der Waals surface area contributed by atoms with Crippen molar-refractivity contribution in [1.29, 1.82) is 0 Å². The summed E-state index contributed by atoms with van der Waals surface area (Å²) in [6, 6.07) is 7.17. The first kappa shape index (κ1) is 10.7. The van der Waals surface area contributed by atoms with Gasteiger partial charge in [0.2, 0.25) is 0 Å². The second-order valence-electron chi connectivity index (χ2n) is 2.70. The number of benzene rings is 1. The summed E-state index contributed by atoms with van der Waals surface area (Å²) in [5.41, 5.74) is 0.890. The molecule has 0 heterocycles. The van der Waals surface area contributed by atoms with E-state index in [2.05, 4.69) is 0 Å². The third kappa shape index (κ3) is 2.81. The van der Waals surface area contributed by atoms with Crippen molar-refractivity contribution in [2.45, 2.75) is 11.8 Å². The summed E-state index contributed by atoms with van der Waals surface area (Å²) in [6.45, 7) is 1.84. The summed E-state index contributed by atoms with van der Waals surface area (Å²) in [7, 11) is -1.38. The fourth-order valence-corrected chi connectivity index (χ4v) is 1.96. The summed E-state index contributed by atoms with van der Waals surface area (Å²) < 4.78 is 11.5. The molecule has 0 spiro atoms. The zero-order valence-electron chi connectivity index (χ0n) is 7.64. The van der Waals surface area contributed by atoms with Gasteiger partial charge in [-0.25, -0.2) is 9.00 Å². The molecule has 1 aromatic rings. The summed E-state index contributed by atoms with van der Waals surface area (Å²) >= 11 is 0. The molecule has 1 atom stereocenters. The van der Waals surface area contributed by atoms with Crippen LogP contribution < -0.4 is 0 Å². The van der Waals surface area contributed by atoms with E-state index in [1.807, 2.05) is 19.1 Å². The van der Waals surface area contributed by atoms with Gasteiger partial charge in [0.1, 0.15) is 0 Å². The van der Waals surface area contributed by atoms with Gasteiger partial charge in [0.15, 0.2) is 0 Å². The fraction of sp³-hybridized carbons (Fsp3) is 0.100. The normalized spacial score (nSPS) is 12.9. The molecule has 1 N–H and O–H groups in total. The topological polar surface area (TPSA) is 54.4 Å². The van der Waals surface area contributed by atoms with E-state index >= 15 is 0 Å². The van der Waals surface area contributed by atoms with Gasteiger partial charge in [-0.05, 0) is 18.6 Å². The number of hydrogen-bond acceptors (Lipinski definition) is 2. The van der Waals surface area contributed by atoms with Crippen LogP contribution in [-0.2, 0) is 15.6 Å². The summed E-state index contributed by atoms with van der Waals surface area (Å²) in [4.78, 5) is 10.8. The molecular weight excluding hydrogens is 200 g/mol. The number of carbonyl (C=O) groups is 1. The predicted octanol–water partition coefficient (Wildman–Crippen LogP) is 1.70. The second-order valence-corrected chi connectivity index (χ2v) is 4.01. The molecule has 14 heavy (non-hydrogen) atoms. The Kier molecular flexibility index (Phi) is 3.59. The lowest BCUT2D eigenvalue weighted by atomic mass is 10.2. The molecule has 1 rings (SSSR count). The Morgan fingerprint density at radius 1 is 1.43 bits per heavy atom. The average molecular weight is 210 g/mol. The van der Waals surface area contributed by atoms with Crippen LogP contribution in [0.4, 0.5) is 0 Å². The molecule has 1 aromatic carbocycles. The number of aliphatic carboxylic acids is 1. The minimum atomic E-state index is -1.38. The van der Waals surface area contributed by atoms with Crippen molar-refractivity contribution in [2.75, 3.05) is 0 Å². The van der Waals surface area contributed by atoms with Crippen LogP contribution in [0.1, 0.15) is 5.56 Å². The lowest BCUT2D eigenvalue weighted by molar-refractivity contribution is -0.131. The Bertz CT molecular complexity index is 396. The maximum absolute atomic E-state index is 11.5. The van der Waals surface area contributed by atoms with Gasteiger partial charge in [0.25, 0.3) is 0 Å². The van der Waals surface area contributed by atoms with Crippen molar-refractivity contribution in [3.05, 3.63) is 41.3 Å². The van der Waals surface area contributed by atoms with Crippen LogP contribution in [-0.4, -0.2) is 15.3 Å². The maximum atomic E-state index is 11.5. The van der Waals surface area contributed by atoms with Crippen molar-refractivity contribution < 1.29 is 14.1 Å². The smallest absolute Gasteiger partial charge is 0.328 e. The van der Waals surface area contributed by atoms with Gasteiger partial charge in [-0.1, -0.05) is 18.2 Å². The molecule has 0 aliphatic rings. The van der Waals surface area contributed by atoms with Crippen LogP contribution in [0.15, 0.2) is 40.6 Å². The molecular formula is C10H10O3S. The zero-order chi connectivity index (χ0) is 10.6. The van der Waals surface area contributed by atoms with Crippen molar-refractivity contribution in [3.63, 3.8) is 0 Å². The fourth-order valence-electron chi connectivity index (χ4n) is 0.975. The van der Waals surface area contributed by atoms with Crippen LogP contribution in [0.25, 0.3) is 0 Å². The van der Waals surface area contributed by atoms with E-state index in [1.165, 1.54) is 5.41 Å². The predicted molar refractivity (Wildman–Crippen MR) is 54.4 cm³/mol. The number of aryl methyl sites for hydroxylation is 1. The molecule has 0 amide bonds. The van der Waals surface area contributed by atoms with Crippen molar-refractivity contribution in [2.24, 2.45) is 0 Å². The van der Waals surface area contributed by atoms with E-state index in [0.29, 0.717) is 4.90 Å². The first-order valence-electron chi connectivity index (χ1n) is 3.98. The Hall–Kier alpha value is -1.42. The monoisotopic (exact) mass is 210 g/mol. The van der Waals surface area contributed by atoms with E-state index in [9.17, 15) is 9.00 Å². The molecule has 0 aromatic heterocycles. The number of rotatable bonds is 3. The average Bonchev–Trinajstić information content (AvgIpc) is 2.15. The van der Waals surface area contributed by atoms with Gasteiger partial charge in [-0.2, -0.15) is 0 Å². The Balaban J connectivity index is 2.91. The number of carboxylic acid groups (broad SMARTS) is 1. The Morgan fingerprint density at radius 2 is 2.07 bits per heavy atom. The Morgan fingerprint density at radius 3 is 2.64 bits per heavy atom. The zero-order valence-corrected chi connectivity index (χ0v) is 8.45. The molecule has 0 fully saturated rings. The summed E-state index contributed by atoms with van der Waals surface area (Å²) in [5.74, 6) is -1.09. The highest BCUT2D eigenvalue weighted by molar-refractivity contribution is 7.88. The van der Waals surface area contributed by atoms with E-state index < -0.39 is 16.8 Å². The first-order chi connectivity index (χ1) is 6.61. The van der Waals surface area contributed by atoms with Gasteiger partial charge in [0.05, 0.1) is 10.8 Å². The van der Waals surface area contributed by atoms with E-state index in [0.717, 1.165) is 11.6 Å². The molecule has 0 bridgehead atoms. The third-order valence-corrected chi connectivity index (χ3v) is 2.92. The minimum Gasteiger partial charge on any atom is -0.478 e.